The van der Waals surface area contributed by atoms with Gasteiger partial charge in [0.25, 0.3) is 5.91 Å². The number of pyridine rings is 1. The van der Waals surface area contributed by atoms with Gasteiger partial charge in [0.15, 0.2) is 0 Å². The topological polar surface area (TPSA) is 49.0 Å². The van der Waals surface area contributed by atoms with E-state index in [1.165, 1.54) is 0 Å². The summed E-state index contributed by atoms with van der Waals surface area (Å²) in [6.07, 6.45) is 4.88. The molecule has 0 unspecified atom stereocenters. The number of aromatic nitrogens is 2. The molecule has 0 atom stereocenters. The van der Waals surface area contributed by atoms with E-state index < -0.39 is 0 Å². The second-order valence-corrected chi connectivity index (χ2v) is 5.81. The summed E-state index contributed by atoms with van der Waals surface area (Å²) in [6, 6.07) is 6.12. The molecule has 3 heterocycles. The van der Waals surface area contributed by atoms with E-state index in [1.54, 1.807) is 6.20 Å². The van der Waals surface area contributed by atoms with Crippen LogP contribution in [-0.2, 0) is 6.42 Å². The average molecular weight is 288 g/mol. The number of rotatable bonds is 2. The van der Waals surface area contributed by atoms with Crippen LogP contribution in [-0.4, -0.2) is 33.4 Å². The minimum atomic E-state index is 0.163. The fourth-order valence-corrected chi connectivity index (χ4v) is 3.01. The summed E-state index contributed by atoms with van der Waals surface area (Å²) < 4.78 is 0. The molecule has 1 saturated carbocycles. The van der Waals surface area contributed by atoms with Gasteiger partial charge in [-0.1, -0.05) is 11.6 Å². The molecule has 1 fully saturated rings. The van der Waals surface area contributed by atoms with Gasteiger partial charge in [-0.25, -0.2) is 4.98 Å². The number of nitrogens with one attached hydrogen (secondary N) is 1. The first-order valence-corrected chi connectivity index (χ1v) is 7.25. The zero-order chi connectivity index (χ0) is 13.7. The van der Waals surface area contributed by atoms with E-state index in [0.717, 1.165) is 48.3 Å². The van der Waals surface area contributed by atoms with Crippen LogP contribution in [0.15, 0.2) is 24.4 Å². The highest BCUT2D eigenvalue weighted by Gasteiger charge is 2.36. The summed E-state index contributed by atoms with van der Waals surface area (Å²) in [6.45, 7) is 0.827. The molecule has 0 radical (unpaired) electrons. The zero-order valence-electron chi connectivity index (χ0n) is 10.9. The van der Waals surface area contributed by atoms with Gasteiger partial charge in [-0.3, -0.25) is 4.79 Å². The molecule has 2 aromatic rings. The zero-order valence-corrected chi connectivity index (χ0v) is 11.7. The second kappa shape index (κ2) is 4.35. The van der Waals surface area contributed by atoms with Crippen molar-refractivity contribution in [2.24, 2.45) is 0 Å². The van der Waals surface area contributed by atoms with Crippen LogP contribution in [0.1, 0.15) is 28.9 Å². The molecule has 4 nitrogen and oxygen atoms in total. The third kappa shape index (κ3) is 1.91. The number of hydrogen-bond acceptors (Lipinski definition) is 2. The van der Waals surface area contributed by atoms with Crippen molar-refractivity contribution in [2.45, 2.75) is 25.3 Å². The highest BCUT2D eigenvalue weighted by molar-refractivity contribution is 6.29. The first-order chi connectivity index (χ1) is 9.72. The van der Waals surface area contributed by atoms with Gasteiger partial charge in [0.05, 0.1) is 5.56 Å². The number of nitrogens with zero attached hydrogens (tertiary/aromatic N) is 2. The number of amides is 1. The molecule has 2 aromatic heterocycles. The third-order valence-corrected chi connectivity index (χ3v) is 4.23. The van der Waals surface area contributed by atoms with Crippen molar-refractivity contribution >= 4 is 17.5 Å². The van der Waals surface area contributed by atoms with Crippen molar-refractivity contribution in [3.05, 3.63) is 40.8 Å². The maximum Gasteiger partial charge on any atom is 0.255 e. The molecule has 0 spiro atoms. The molecular formula is C15H14ClN3O. The third-order valence-electron chi connectivity index (χ3n) is 4.02. The first-order valence-electron chi connectivity index (χ1n) is 6.87. The molecule has 5 heteroatoms. The quantitative estimate of drug-likeness (QED) is 0.864. The number of H-pyrrole nitrogens is 1. The van der Waals surface area contributed by atoms with Crippen LogP contribution in [0, 0.1) is 0 Å². The molecule has 1 amide bonds. The molecular weight excluding hydrogens is 274 g/mol. The lowest BCUT2D eigenvalue weighted by Crippen LogP contribution is -2.38. The van der Waals surface area contributed by atoms with E-state index in [4.69, 9.17) is 11.6 Å². The molecule has 0 saturated heterocycles. The molecule has 102 valence electrons. The SMILES string of the molecule is O=C1c2cc(-c3ccnc(Cl)c3)[nH]c2CCN1C1CC1. The predicted octanol–water partition coefficient (Wildman–Crippen LogP) is 2.89. The van der Waals surface area contributed by atoms with E-state index in [0.29, 0.717) is 11.2 Å². The predicted molar refractivity (Wildman–Crippen MR) is 76.8 cm³/mol. The van der Waals surface area contributed by atoms with E-state index in [-0.39, 0.29) is 5.91 Å². The molecule has 2 aliphatic rings. The van der Waals surface area contributed by atoms with Crippen molar-refractivity contribution in [2.75, 3.05) is 6.54 Å². The van der Waals surface area contributed by atoms with Crippen LogP contribution in [0.5, 0.6) is 0 Å². The van der Waals surface area contributed by atoms with Crippen LogP contribution in [0.2, 0.25) is 5.15 Å². The maximum absolute atomic E-state index is 12.5. The normalized spacial score (nSPS) is 18.2. The Morgan fingerprint density at radius 3 is 2.95 bits per heavy atom. The van der Waals surface area contributed by atoms with Gasteiger partial charge in [0.2, 0.25) is 0 Å². The Balaban J connectivity index is 1.72. The van der Waals surface area contributed by atoms with Crippen LogP contribution in [0.3, 0.4) is 0 Å². The minimum Gasteiger partial charge on any atom is -0.358 e. The maximum atomic E-state index is 12.5. The highest BCUT2D eigenvalue weighted by Crippen LogP contribution is 2.33. The molecule has 4 rings (SSSR count). The Kier molecular flexibility index (Phi) is 2.60. The molecule has 20 heavy (non-hydrogen) atoms. The van der Waals surface area contributed by atoms with Crippen molar-refractivity contribution in [1.82, 2.24) is 14.9 Å². The number of aromatic amines is 1. The van der Waals surface area contributed by atoms with Crippen molar-refractivity contribution in [3.8, 4) is 11.3 Å². The Morgan fingerprint density at radius 1 is 1.35 bits per heavy atom. The molecule has 1 aliphatic carbocycles. The number of fused-ring (bicyclic) bond motifs is 1. The molecule has 1 N–H and O–H groups in total. The number of hydrogen-bond donors (Lipinski definition) is 1. The summed E-state index contributed by atoms with van der Waals surface area (Å²) in [5.74, 6) is 0.163. The van der Waals surface area contributed by atoms with E-state index in [9.17, 15) is 4.79 Å². The summed E-state index contributed by atoms with van der Waals surface area (Å²) >= 11 is 5.92. The number of halogens is 1. The average Bonchev–Trinajstić information content (AvgIpc) is 3.17. The Hall–Kier alpha value is -1.81. The van der Waals surface area contributed by atoms with Gasteiger partial charge in [0.1, 0.15) is 5.15 Å². The fraction of sp³-hybridized carbons (Fsp3) is 0.333. The van der Waals surface area contributed by atoms with E-state index in [2.05, 4.69) is 9.97 Å². The van der Waals surface area contributed by atoms with Crippen molar-refractivity contribution < 1.29 is 4.79 Å². The smallest absolute Gasteiger partial charge is 0.255 e. The standard InChI is InChI=1S/C15H14ClN3O/c16-14-7-9(3-5-17-14)13-8-11-12(18-13)4-6-19(15(11)20)10-1-2-10/h3,5,7-8,10,18H,1-2,4,6H2. The van der Waals surface area contributed by atoms with E-state index >= 15 is 0 Å². The molecule has 0 aromatic carbocycles. The van der Waals surface area contributed by atoms with Crippen molar-refractivity contribution in [1.29, 1.82) is 0 Å². The molecule has 0 bridgehead atoms. The minimum absolute atomic E-state index is 0.163. The van der Waals surface area contributed by atoms with E-state index in [1.807, 2.05) is 23.1 Å². The summed E-state index contributed by atoms with van der Waals surface area (Å²) in [4.78, 5) is 21.8. The second-order valence-electron chi connectivity index (χ2n) is 5.42. The monoisotopic (exact) mass is 287 g/mol. The molecule has 1 aliphatic heterocycles. The summed E-state index contributed by atoms with van der Waals surface area (Å²) in [5.41, 5.74) is 3.75. The van der Waals surface area contributed by atoms with Gasteiger partial charge in [-0.15, -0.1) is 0 Å². The first kappa shape index (κ1) is 12.0. The van der Waals surface area contributed by atoms with Gasteiger partial charge in [-0.2, -0.15) is 0 Å². The largest absolute Gasteiger partial charge is 0.358 e. The van der Waals surface area contributed by atoms with Crippen LogP contribution < -0.4 is 0 Å². The lowest BCUT2D eigenvalue weighted by atomic mass is 10.1. The van der Waals surface area contributed by atoms with Crippen LogP contribution in [0.4, 0.5) is 0 Å². The fourth-order valence-electron chi connectivity index (χ4n) is 2.83. The number of carbonyl (C=O) groups excluding carboxylic acids is 1. The van der Waals surface area contributed by atoms with Crippen LogP contribution >= 0.6 is 11.6 Å². The Bertz CT molecular complexity index is 690. The Morgan fingerprint density at radius 2 is 2.20 bits per heavy atom. The van der Waals surface area contributed by atoms with Gasteiger partial charge in [0, 0.05) is 42.2 Å². The summed E-state index contributed by atoms with van der Waals surface area (Å²) in [7, 11) is 0. The summed E-state index contributed by atoms with van der Waals surface area (Å²) in [5, 5.41) is 0.459. The highest BCUT2D eigenvalue weighted by atomic mass is 35.5. The lowest BCUT2D eigenvalue weighted by molar-refractivity contribution is 0.0726. The van der Waals surface area contributed by atoms with Gasteiger partial charge < -0.3 is 9.88 Å². The van der Waals surface area contributed by atoms with Gasteiger partial charge in [-0.05, 0) is 31.0 Å². The van der Waals surface area contributed by atoms with Crippen molar-refractivity contribution in [3.63, 3.8) is 0 Å². The van der Waals surface area contributed by atoms with Crippen LogP contribution in [0.25, 0.3) is 11.3 Å². The lowest BCUT2D eigenvalue weighted by Gasteiger charge is -2.26. The van der Waals surface area contributed by atoms with Gasteiger partial charge >= 0.3 is 0 Å². The number of carbonyl (C=O) groups is 1. The Labute approximate surface area is 121 Å².